The van der Waals surface area contributed by atoms with Crippen LogP contribution in [-0.2, 0) is 18.3 Å². The molecule has 0 aliphatic carbocycles. The largest absolute Gasteiger partial charge is 0.383 e. The number of nitrogens with zero attached hydrogens (tertiary/aromatic N) is 3. The van der Waals surface area contributed by atoms with E-state index in [1.54, 1.807) is 14.2 Å². The lowest BCUT2D eigenvalue weighted by Gasteiger charge is -2.08. The Kier molecular flexibility index (Phi) is 5.66. The molecule has 1 aromatic heterocycles. The topological polar surface area (TPSA) is 52.0 Å². The van der Waals surface area contributed by atoms with E-state index in [2.05, 4.69) is 15.4 Å². The lowest BCUT2D eigenvalue weighted by atomic mass is 10.2. The van der Waals surface area contributed by atoms with Gasteiger partial charge in [-0.15, -0.1) is 0 Å². The first-order chi connectivity index (χ1) is 10.1. The molecule has 0 aliphatic rings. The van der Waals surface area contributed by atoms with Crippen LogP contribution >= 0.6 is 11.8 Å². The maximum Gasteiger partial charge on any atom is 0.190 e. The molecule has 2 rings (SSSR count). The molecule has 0 amide bonds. The van der Waals surface area contributed by atoms with Crippen molar-refractivity contribution in [3.8, 4) is 0 Å². The summed E-state index contributed by atoms with van der Waals surface area (Å²) in [4.78, 5) is 3.86. The van der Waals surface area contributed by atoms with Gasteiger partial charge in [0.25, 0.3) is 0 Å². The summed E-state index contributed by atoms with van der Waals surface area (Å²) in [6.45, 7) is 1.55. The van der Waals surface area contributed by atoms with Crippen molar-refractivity contribution >= 4 is 11.8 Å². The van der Waals surface area contributed by atoms with Crippen LogP contribution in [0.3, 0.4) is 0 Å². The molecule has 0 radical (unpaired) electrons. The zero-order valence-corrected chi connectivity index (χ0v) is 12.6. The van der Waals surface area contributed by atoms with Crippen molar-refractivity contribution < 1.29 is 13.5 Å². The minimum Gasteiger partial charge on any atom is -0.383 e. The molecule has 114 valence electrons. The Hall–Kier alpha value is -1.51. The van der Waals surface area contributed by atoms with E-state index in [1.165, 1.54) is 23.1 Å². The maximum atomic E-state index is 14.0. The number of aryl methyl sites for hydroxylation is 1. The Labute approximate surface area is 125 Å². The molecule has 21 heavy (non-hydrogen) atoms. The highest BCUT2D eigenvalue weighted by molar-refractivity contribution is 7.99. The van der Waals surface area contributed by atoms with Crippen LogP contribution in [0, 0.1) is 11.6 Å². The van der Waals surface area contributed by atoms with Crippen molar-refractivity contribution in [3.05, 3.63) is 35.7 Å². The molecule has 0 fully saturated rings. The second-order valence-corrected chi connectivity index (χ2v) is 5.30. The second-order valence-electron chi connectivity index (χ2n) is 4.33. The van der Waals surface area contributed by atoms with E-state index in [4.69, 9.17) is 4.74 Å². The lowest BCUT2D eigenvalue weighted by molar-refractivity contribution is 0.199. The van der Waals surface area contributed by atoms with E-state index in [1.807, 2.05) is 0 Å². The van der Waals surface area contributed by atoms with Gasteiger partial charge in [0.1, 0.15) is 18.0 Å². The van der Waals surface area contributed by atoms with Crippen LogP contribution in [-0.4, -0.2) is 35.0 Å². The summed E-state index contributed by atoms with van der Waals surface area (Å²) < 4.78 is 34.4. The van der Waals surface area contributed by atoms with E-state index >= 15 is 0 Å². The normalized spacial score (nSPS) is 11.0. The summed E-state index contributed by atoms with van der Waals surface area (Å²) in [7, 11) is 3.26. The Morgan fingerprint density at radius 1 is 1.33 bits per heavy atom. The van der Waals surface area contributed by atoms with Gasteiger partial charge >= 0.3 is 0 Å². The fraction of sp³-hybridized carbons (Fsp3) is 0.385. The van der Waals surface area contributed by atoms with E-state index in [0.29, 0.717) is 30.4 Å². The summed E-state index contributed by atoms with van der Waals surface area (Å²) in [6.07, 6.45) is 1.34. The molecule has 0 atom stereocenters. The van der Waals surface area contributed by atoms with Gasteiger partial charge in [0, 0.05) is 27.2 Å². The van der Waals surface area contributed by atoms with Gasteiger partial charge in [-0.25, -0.2) is 18.4 Å². The first-order valence-corrected chi connectivity index (χ1v) is 7.13. The Morgan fingerprint density at radius 3 is 2.62 bits per heavy atom. The van der Waals surface area contributed by atoms with Crippen molar-refractivity contribution in [1.29, 1.82) is 0 Å². The van der Waals surface area contributed by atoms with Gasteiger partial charge in [0.05, 0.1) is 11.5 Å². The summed E-state index contributed by atoms with van der Waals surface area (Å²) in [5, 5.41) is 7.33. The number of rotatable bonds is 7. The van der Waals surface area contributed by atoms with Crippen LogP contribution in [0.4, 0.5) is 8.78 Å². The highest BCUT2D eigenvalue weighted by Gasteiger charge is 2.15. The first-order valence-electron chi connectivity index (χ1n) is 6.31. The standard InChI is InChI=1S/C13H16F2N4OS/c1-19-13(17-8-18-19)21-12-10(14)5-9(6-11(12)15)7-16-3-4-20-2/h5-6,8,16H,3-4,7H2,1-2H3. The molecule has 1 N–H and O–H groups in total. The average Bonchev–Trinajstić information content (AvgIpc) is 2.84. The molecule has 0 saturated carbocycles. The summed E-state index contributed by atoms with van der Waals surface area (Å²) >= 11 is 0.914. The van der Waals surface area contributed by atoms with Crippen molar-refractivity contribution in [2.24, 2.45) is 7.05 Å². The fourth-order valence-electron chi connectivity index (χ4n) is 1.69. The number of benzene rings is 1. The summed E-state index contributed by atoms with van der Waals surface area (Å²) in [5.41, 5.74) is 0.545. The minimum absolute atomic E-state index is 0.0771. The van der Waals surface area contributed by atoms with E-state index < -0.39 is 11.6 Å². The molecular formula is C13H16F2N4OS. The van der Waals surface area contributed by atoms with Gasteiger partial charge in [-0.05, 0) is 29.5 Å². The van der Waals surface area contributed by atoms with E-state index in [-0.39, 0.29) is 4.90 Å². The molecule has 0 saturated heterocycles. The van der Waals surface area contributed by atoms with Crippen molar-refractivity contribution in [3.63, 3.8) is 0 Å². The quantitative estimate of drug-likeness (QED) is 0.792. The first kappa shape index (κ1) is 15.9. The van der Waals surface area contributed by atoms with Gasteiger partial charge in [-0.2, -0.15) is 5.10 Å². The highest BCUT2D eigenvalue weighted by atomic mass is 32.2. The monoisotopic (exact) mass is 314 g/mol. The average molecular weight is 314 g/mol. The molecular weight excluding hydrogens is 298 g/mol. The van der Waals surface area contributed by atoms with Crippen LogP contribution in [0.15, 0.2) is 28.5 Å². The lowest BCUT2D eigenvalue weighted by Crippen LogP contribution is -2.18. The molecule has 1 aromatic carbocycles. The summed E-state index contributed by atoms with van der Waals surface area (Å²) in [6, 6.07) is 2.64. The molecule has 0 spiro atoms. The molecule has 1 heterocycles. The number of nitrogens with one attached hydrogen (secondary N) is 1. The third-order valence-corrected chi connectivity index (χ3v) is 3.88. The van der Waals surface area contributed by atoms with Gasteiger partial charge in [0.15, 0.2) is 5.16 Å². The SMILES string of the molecule is COCCNCc1cc(F)c(Sc2ncnn2C)c(F)c1. The van der Waals surface area contributed by atoms with Crippen LogP contribution in [0.5, 0.6) is 0 Å². The molecule has 0 aliphatic heterocycles. The minimum atomic E-state index is -0.605. The predicted octanol–water partition coefficient (Wildman–Crippen LogP) is 1.98. The van der Waals surface area contributed by atoms with Crippen LogP contribution in [0.1, 0.15) is 5.56 Å². The fourth-order valence-corrected chi connectivity index (χ4v) is 2.46. The van der Waals surface area contributed by atoms with Crippen LogP contribution < -0.4 is 5.32 Å². The molecule has 2 aromatic rings. The Bertz CT molecular complexity index is 583. The molecule has 5 nitrogen and oxygen atoms in total. The van der Waals surface area contributed by atoms with E-state index in [0.717, 1.165) is 11.8 Å². The number of ether oxygens (including phenoxy) is 1. The number of halogens is 2. The zero-order chi connectivity index (χ0) is 15.2. The number of hydrogen-bond donors (Lipinski definition) is 1. The van der Waals surface area contributed by atoms with E-state index in [9.17, 15) is 8.78 Å². The zero-order valence-electron chi connectivity index (χ0n) is 11.8. The highest BCUT2D eigenvalue weighted by Crippen LogP contribution is 2.31. The van der Waals surface area contributed by atoms with Gasteiger partial charge < -0.3 is 10.1 Å². The van der Waals surface area contributed by atoms with Gasteiger partial charge in [0.2, 0.25) is 0 Å². The van der Waals surface area contributed by atoms with Crippen LogP contribution in [0.25, 0.3) is 0 Å². The third kappa shape index (κ3) is 4.23. The Morgan fingerprint density at radius 2 is 2.05 bits per heavy atom. The number of aromatic nitrogens is 3. The molecule has 0 unspecified atom stereocenters. The summed E-state index contributed by atoms with van der Waals surface area (Å²) in [5.74, 6) is -1.21. The second kappa shape index (κ2) is 7.48. The molecule has 0 bridgehead atoms. The van der Waals surface area contributed by atoms with Crippen molar-refractivity contribution in [2.75, 3.05) is 20.3 Å². The third-order valence-electron chi connectivity index (χ3n) is 2.73. The molecule has 8 heteroatoms. The van der Waals surface area contributed by atoms with Gasteiger partial charge in [-0.3, -0.25) is 0 Å². The number of hydrogen-bond acceptors (Lipinski definition) is 5. The number of methoxy groups -OCH3 is 1. The van der Waals surface area contributed by atoms with Gasteiger partial charge in [-0.1, -0.05) is 0 Å². The smallest absolute Gasteiger partial charge is 0.190 e. The van der Waals surface area contributed by atoms with Crippen LogP contribution in [0.2, 0.25) is 0 Å². The van der Waals surface area contributed by atoms with Crippen molar-refractivity contribution in [2.45, 2.75) is 16.6 Å². The predicted molar refractivity (Wildman–Crippen MR) is 75.1 cm³/mol. The maximum absolute atomic E-state index is 14.0. The Balaban J connectivity index is 2.08. The van der Waals surface area contributed by atoms with Crippen molar-refractivity contribution in [1.82, 2.24) is 20.1 Å².